The van der Waals surface area contributed by atoms with Gasteiger partial charge in [-0.15, -0.1) is 19.7 Å². The lowest BCUT2D eigenvalue weighted by Gasteiger charge is -2.11. The molecule has 0 saturated carbocycles. The Morgan fingerprint density at radius 2 is 2.00 bits per heavy atom. The van der Waals surface area contributed by atoms with Crippen molar-refractivity contribution in [3.05, 3.63) is 5.32 Å². The first-order valence-corrected chi connectivity index (χ1v) is 2.82. The van der Waals surface area contributed by atoms with Crippen molar-refractivity contribution in [2.24, 2.45) is 0 Å². The number of nitrogens with zero attached hydrogens (tertiary/aromatic N) is 1. The van der Waals surface area contributed by atoms with Crippen molar-refractivity contribution in [3.63, 3.8) is 0 Å². The zero-order valence-electron chi connectivity index (χ0n) is 5.61. The van der Waals surface area contributed by atoms with Gasteiger partial charge in [0.15, 0.2) is 0 Å². The van der Waals surface area contributed by atoms with E-state index >= 15 is 0 Å². The molecular weight excluding hydrogens is 147 g/mol. The number of hydrogen-bond acceptors (Lipinski definition) is 1. The standard InChI is InChI=1S/C5H9F3NO/c1-9-3-2-4-10-5(6,7)8/h2-4H2,1H3/q-1. The lowest BCUT2D eigenvalue weighted by molar-refractivity contribution is -0.324. The first-order chi connectivity index (χ1) is 4.56. The van der Waals surface area contributed by atoms with E-state index in [1.807, 2.05) is 0 Å². The van der Waals surface area contributed by atoms with Crippen molar-refractivity contribution in [3.8, 4) is 0 Å². The molecule has 0 radical (unpaired) electrons. The van der Waals surface area contributed by atoms with Crippen LogP contribution in [0.25, 0.3) is 5.32 Å². The Bertz CT molecular complexity index is 83.5. The highest BCUT2D eigenvalue weighted by molar-refractivity contribution is 4.67. The van der Waals surface area contributed by atoms with Crippen LogP contribution in [0.5, 0.6) is 0 Å². The summed E-state index contributed by atoms with van der Waals surface area (Å²) < 4.78 is 37.2. The van der Waals surface area contributed by atoms with E-state index in [0.717, 1.165) is 0 Å². The molecule has 0 spiro atoms. The molecule has 0 aliphatic rings. The fourth-order valence-corrected chi connectivity index (χ4v) is 0.411. The van der Waals surface area contributed by atoms with Gasteiger partial charge in [0.1, 0.15) is 0 Å². The molecule has 0 heterocycles. The van der Waals surface area contributed by atoms with Crippen molar-refractivity contribution >= 4 is 0 Å². The first-order valence-electron chi connectivity index (χ1n) is 2.82. The van der Waals surface area contributed by atoms with Crippen LogP contribution >= 0.6 is 0 Å². The van der Waals surface area contributed by atoms with Crippen molar-refractivity contribution < 1.29 is 17.9 Å². The molecule has 0 unspecified atom stereocenters. The summed E-state index contributed by atoms with van der Waals surface area (Å²) in [4.78, 5) is 0. The molecule has 5 heteroatoms. The Kier molecular flexibility index (Phi) is 4.38. The average molecular weight is 156 g/mol. The maximum atomic E-state index is 11.2. The molecule has 0 bridgehead atoms. The van der Waals surface area contributed by atoms with Crippen LogP contribution in [0.4, 0.5) is 13.2 Å². The number of hydrogen-bond donors (Lipinski definition) is 0. The molecule has 0 N–H and O–H groups in total. The molecule has 0 atom stereocenters. The van der Waals surface area contributed by atoms with Gasteiger partial charge in [-0.3, -0.25) is 4.74 Å². The van der Waals surface area contributed by atoms with Crippen molar-refractivity contribution in [1.82, 2.24) is 0 Å². The molecular formula is C5H9F3NO-. The first kappa shape index (κ1) is 9.71. The predicted octanol–water partition coefficient (Wildman–Crippen LogP) is 1.92. The van der Waals surface area contributed by atoms with Crippen LogP contribution in [0.1, 0.15) is 6.42 Å². The molecule has 0 aliphatic heterocycles. The molecule has 0 fully saturated rings. The van der Waals surface area contributed by atoms with Gasteiger partial charge in [0.25, 0.3) is 0 Å². The van der Waals surface area contributed by atoms with Crippen molar-refractivity contribution in [1.29, 1.82) is 0 Å². The van der Waals surface area contributed by atoms with Gasteiger partial charge in [0, 0.05) is 0 Å². The van der Waals surface area contributed by atoms with E-state index < -0.39 is 6.36 Å². The minimum Gasteiger partial charge on any atom is -0.665 e. The van der Waals surface area contributed by atoms with E-state index in [1.165, 1.54) is 0 Å². The van der Waals surface area contributed by atoms with Crippen LogP contribution in [-0.2, 0) is 4.74 Å². The third kappa shape index (κ3) is 7.71. The van der Waals surface area contributed by atoms with Gasteiger partial charge in [-0.25, -0.2) is 0 Å². The van der Waals surface area contributed by atoms with Gasteiger partial charge < -0.3 is 5.32 Å². The highest BCUT2D eigenvalue weighted by Gasteiger charge is 2.28. The van der Waals surface area contributed by atoms with Crippen LogP contribution in [0.2, 0.25) is 0 Å². The largest absolute Gasteiger partial charge is 0.665 e. The maximum Gasteiger partial charge on any atom is 0.522 e. The smallest absolute Gasteiger partial charge is 0.522 e. The second-order valence-corrected chi connectivity index (χ2v) is 1.69. The maximum absolute atomic E-state index is 11.2. The van der Waals surface area contributed by atoms with Crippen LogP contribution < -0.4 is 0 Å². The Hall–Kier alpha value is -0.290. The lowest BCUT2D eigenvalue weighted by Crippen LogP contribution is -2.14. The molecule has 0 saturated heterocycles. The van der Waals surface area contributed by atoms with E-state index in [-0.39, 0.29) is 6.61 Å². The monoisotopic (exact) mass is 156 g/mol. The van der Waals surface area contributed by atoms with Gasteiger partial charge in [-0.2, -0.15) is 7.05 Å². The van der Waals surface area contributed by atoms with Gasteiger partial charge >= 0.3 is 6.36 Å². The third-order valence-electron chi connectivity index (χ3n) is 0.792. The molecule has 0 amide bonds. The summed E-state index contributed by atoms with van der Waals surface area (Å²) in [6.07, 6.45) is -4.18. The van der Waals surface area contributed by atoms with Gasteiger partial charge in [0.05, 0.1) is 6.61 Å². The predicted molar refractivity (Wildman–Crippen MR) is 30.8 cm³/mol. The van der Waals surface area contributed by atoms with E-state index in [2.05, 4.69) is 10.1 Å². The van der Waals surface area contributed by atoms with Crippen LogP contribution in [0.3, 0.4) is 0 Å². The second-order valence-electron chi connectivity index (χ2n) is 1.69. The van der Waals surface area contributed by atoms with E-state index in [9.17, 15) is 13.2 Å². The minimum atomic E-state index is -4.49. The zero-order valence-corrected chi connectivity index (χ0v) is 5.61. The SMILES string of the molecule is C[N-]CCCOC(F)(F)F. The van der Waals surface area contributed by atoms with Gasteiger partial charge in [0.2, 0.25) is 0 Å². The highest BCUT2D eigenvalue weighted by Crippen LogP contribution is 2.15. The molecule has 2 nitrogen and oxygen atoms in total. The van der Waals surface area contributed by atoms with Crippen LogP contribution in [-0.4, -0.2) is 26.6 Å². The molecule has 0 aliphatic carbocycles. The second kappa shape index (κ2) is 4.51. The summed E-state index contributed by atoms with van der Waals surface area (Å²) in [5.41, 5.74) is 0. The fraction of sp³-hybridized carbons (Fsp3) is 1.00. The van der Waals surface area contributed by atoms with E-state index in [0.29, 0.717) is 13.0 Å². The number of rotatable bonds is 4. The summed E-state index contributed by atoms with van der Waals surface area (Å²) in [6, 6.07) is 0. The Morgan fingerprint density at radius 3 is 2.40 bits per heavy atom. The number of halogens is 3. The highest BCUT2D eigenvalue weighted by atomic mass is 19.4. The molecule has 0 aromatic rings. The lowest BCUT2D eigenvalue weighted by atomic mass is 10.5. The molecule has 62 valence electrons. The van der Waals surface area contributed by atoms with Gasteiger partial charge in [-0.05, 0) is 6.42 Å². The molecule has 0 aromatic heterocycles. The Labute approximate surface area is 57.4 Å². The number of ether oxygens (including phenoxy) is 1. The average Bonchev–Trinajstić information content (AvgIpc) is 1.78. The fourth-order valence-electron chi connectivity index (χ4n) is 0.411. The van der Waals surface area contributed by atoms with Crippen molar-refractivity contribution in [2.75, 3.05) is 20.2 Å². The topological polar surface area (TPSA) is 23.3 Å². The quantitative estimate of drug-likeness (QED) is 0.570. The summed E-state index contributed by atoms with van der Waals surface area (Å²) in [5, 5.41) is 3.61. The molecule has 0 rings (SSSR count). The Balaban J connectivity index is 3.04. The van der Waals surface area contributed by atoms with Crippen LogP contribution in [0.15, 0.2) is 0 Å². The normalized spacial score (nSPS) is 12.0. The van der Waals surface area contributed by atoms with Gasteiger partial charge in [-0.1, -0.05) is 0 Å². The molecule has 10 heavy (non-hydrogen) atoms. The van der Waals surface area contributed by atoms with E-state index in [4.69, 9.17) is 0 Å². The van der Waals surface area contributed by atoms with E-state index in [1.54, 1.807) is 7.05 Å². The summed E-state index contributed by atoms with van der Waals surface area (Å²) >= 11 is 0. The zero-order chi connectivity index (χ0) is 8.04. The Morgan fingerprint density at radius 1 is 1.40 bits per heavy atom. The third-order valence-corrected chi connectivity index (χ3v) is 0.792. The number of alkyl halides is 3. The summed E-state index contributed by atoms with van der Waals surface area (Å²) in [7, 11) is 1.55. The van der Waals surface area contributed by atoms with Crippen molar-refractivity contribution in [2.45, 2.75) is 12.8 Å². The summed E-state index contributed by atoms with van der Waals surface area (Å²) in [6.45, 7) is 0.108. The van der Waals surface area contributed by atoms with Crippen LogP contribution in [0, 0.1) is 0 Å². The minimum absolute atomic E-state index is 0.305. The summed E-state index contributed by atoms with van der Waals surface area (Å²) in [5.74, 6) is 0. The molecule has 0 aromatic carbocycles.